The van der Waals surface area contributed by atoms with Crippen LogP contribution in [0.2, 0.25) is 0 Å². The normalized spacial score (nSPS) is 14.4. The third-order valence-corrected chi connectivity index (χ3v) is 4.34. The molecule has 0 aromatic carbocycles. The number of Topliss-reactive ketones (excluding diaryl/α,β-unsaturated/α-hetero) is 1. The van der Waals surface area contributed by atoms with Crippen molar-refractivity contribution in [3.05, 3.63) is 0 Å². The minimum Gasteiger partial charge on any atom is -0.363 e. The molecule has 0 bridgehead atoms. The van der Waals surface area contributed by atoms with Crippen LogP contribution in [-0.2, 0) is 9.59 Å². The van der Waals surface area contributed by atoms with Crippen LogP contribution in [0.5, 0.6) is 0 Å². The van der Waals surface area contributed by atoms with Crippen LogP contribution in [0.4, 0.5) is 0 Å². The van der Waals surface area contributed by atoms with Crippen LogP contribution < -0.4 is 5.73 Å². The van der Waals surface area contributed by atoms with Gasteiger partial charge in [-0.25, -0.2) is 0 Å². The Morgan fingerprint density at radius 1 is 1.00 bits per heavy atom. The highest BCUT2D eigenvalue weighted by Gasteiger charge is 2.31. The summed E-state index contributed by atoms with van der Waals surface area (Å²) in [6, 6.07) is 0. The minimum absolute atomic E-state index is 0.168. The first-order chi connectivity index (χ1) is 9.01. The molecule has 1 amide bonds. The van der Waals surface area contributed by atoms with Gasteiger partial charge in [-0.05, 0) is 24.7 Å². The molecular weight excluding hydrogens is 238 g/mol. The molecule has 19 heavy (non-hydrogen) atoms. The second-order valence-electron chi connectivity index (χ2n) is 5.56. The standard InChI is InChI=1S/C16H31NO2/c1-5-9-10-13(8-4)14(15(18)16(17)19)11-12(6-2)7-3/h12-14H,5-11H2,1-4H3,(H2,17,19). The molecule has 3 heteroatoms. The summed E-state index contributed by atoms with van der Waals surface area (Å²) in [6.45, 7) is 8.55. The van der Waals surface area contributed by atoms with E-state index in [1.165, 1.54) is 0 Å². The largest absolute Gasteiger partial charge is 0.363 e. The molecule has 0 radical (unpaired) electrons. The molecule has 0 heterocycles. The maximum atomic E-state index is 12.1. The van der Waals surface area contributed by atoms with Crippen molar-refractivity contribution in [2.24, 2.45) is 23.5 Å². The van der Waals surface area contributed by atoms with E-state index in [9.17, 15) is 9.59 Å². The second-order valence-corrected chi connectivity index (χ2v) is 5.56. The lowest BCUT2D eigenvalue weighted by molar-refractivity contribution is -0.140. The number of carbonyl (C=O) groups excluding carboxylic acids is 2. The van der Waals surface area contributed by atoms with E-state index in [0.29, 0.717) is 11.8 Å². The highest BCUT2D eigenvalue weighted by Crippen LogP contribution is 2.30. The van der Waals surface area contributed by atoms with Crippen LogP contribution >= 0.6 is 0 Å². The van der Waals surface area contributed by atoms with Gasteiger partial charge in [-0.1, -0.05) is 59.8 Å². The number of hydrogen-bond acceptors (Lipinski definition) is 2. The Kier molecular flexibility index (Phi) is 9.54. The molecule has 0 fully saturated rings. The topological polar surface area (TPSA) is 60.2 Å². The summed E-state index contributed by atoms with van der Waals surface area (Å²) in [5.41, 5.74) is 5.23. The highest BCUT2D eigenvalue weighted by molar-refractivity contribution is 6.36. The molecule has 2 unspecified atom stereocenters. The molecule has 0 aliphatic rings. The fourth-order valence-corrected chi connectivity index (χ4v) is 2.83. The minimum atomic E-state index is -0.758. The monoisotopic (exact) mass is 269 g/mol. The van der Waals surface area contributed by atoms with Crippen molar-refractivity contribution in [3.63, 3.8) is 0 Å². The summed E-state index contributed by atoms with van der Waals surface area (Å²) < 4.78 is 0. The third kappa shape index (κ3) is 6.22. The average molecular weight is 269 g/mol. The maximum absolute atomic E-state index is 12.1. The van der Waals surface area contributed by atoms with Gasteiger partial charge < -0.3 is 5.73 Å². The van der Waals surface area contributed by atoms with Gasteiger partial charge in [0.2, 0.25) is 5.78 Å². The van der Waals surface area contributed by atoms with E-state index in [2.05, 4.69) is 27.7 Å². The predicted molar refractivity (Wildman–Crippen MR) is 79.7 cm³/mol. The number of primary amides is 1. The number of unbranched alkanes of at least 4 members (excludes halogenated alkanes) is 1. The SMILES string of the molecule is CCCCC(CC)C(CC(CC)CC)C(=O)C(N)=O. The molecule has 2 N–H and O–H groups in total. The number of ketones is 1. The third-order valence-electron chi connectivity index (χ3n) is 4.34. The van der Waals surface area contributed by atoms with E-state index in [-0.39, 0.29) is 11.7 Å². The molecule has 3 nitrogen and oxygen atoms in total. The fraction of sp³-hybridized carbons (Fsp3) is 0.875. The van der Waals surface area contributed by atoms with Crippen LogP contribution in [0.15, 0.2) is 0 Å². The van der Waals surface area contributed by atoms with Crippen LogP contribution in [-0.4, -0.2) is 11.7 Å². The van der Waals surface area contributed by atoms with Crippen LogP contribution in [0.3, 0.4) is 0 Å². The molecule has 0 aromatic rings. The first-order valence-corrected chi connectivity index (χ1v) is 7.85. The lowest BCUT2D eigenvalue weighted by Crippen LogP contribution is -2.35. The van der Waals surface area contributed by atoms with Crippen molar-refractivity contribution in [2.45, 2.75) is 72.6 Å². The van der Waals surface area contributed by atoms with E-state index in [4.69, 9.17) is 5.73 Å². The number of nitrogens with two attached hydrogens (primary N) is 1. The van der Waals surface area contributed by atoms with Gasteiger partial charge >= 0.3 is 0 Å². The molecule has 0 aromatic heterocycles. The first kappa shape index (κ1) is 18.1. The van der Waals surface area contributed by atoms with Gasteiger partial charge in [0.1, 0.15) is 0 Å². The summed E-state index contributed by atoms with van der Waals surface area (Å²) >= 11 is 0. The predicted octanol–water partition coefficient (Wildman–Crippen LogP) is 3.70. The lowest BCUT2D eigenvalue weighted by Gasteiger charge is -2.27. The molecule has 0 saturated carbocycles. The molecule has 0 rings (SSSR count). The second kappa shape index (κ2) is 9.99. The zero-order chi connectivity index (χ0) is 14.8. The van der Waals surface area contributed by atoms with Crippen molar-refractivity contribution < 1.29 is 9.59 Å². The van der Waals surface area contributed by atoms with Crippen molar-refractivity contribution in [2.75, 3.05) is 0 Å². The van der Waals surface area contributed by atoms with Gasteiger partial charge in [0, 0.05) is 5.92 Å². The number of amides is 1. The molecule has 0 aliphatic carbocycles. The van der Waals surface area contributed by atoms with E-state index < -0.39 is 5.91 Å². The fourth-order valence-electron chi connectivity index (χ4n) is 2.83. The Bertz CT molecular complexity index is 272. The Labute approximate surface area is 118 Å². The average Bonchev–Trinajstić information content (AvgIpc) is 2.41. The Hall–Kier alpha value is -0.860. The van der Waals surface area contributed by atoms with E-state index in [1.807, 2.05) is 0 Å². The molecule has 0 aliphatic heterocycles. The van der Waals surface area contributed by atoms with Gasteiger partial charge in [0.05, 0.1) is 0 Å². The van der Waals surface area contributed by atoms with Gasteiger partial charge in [-0.3, -0.25) is 9.59 Å². The molecule has 0 spiro atoms. The molecular formula is C16H31NO2. The summed E-state index contributed by atoms with van der Waals surface area (Å²) in [7, 11) is 0. The van der Waals surface area contributed by atoms with Gasteiger partial charge in [0.25, 0.3) is 5.91 Å². The molecule has 2 atom stereocenters. The van der Waals surface area contributed by atoms with Crippen molar-refractivity contribution in [1.82, 2.24) is 0 Å². The number of rotatable bonds is 11. The van der Waals surface area contributed by atoms with Gasteiger partial charge in [-0.2, -0.15) is 0 Å². The quantitative estimate of drug-likeness (QED) is 0.581. The Morgan fingerprint density at radius 2 is 1.58 bits per heavy atom. The zero-order valence-corrected chi connectivity index (χ0v) is 13.1. The van der Waals surface area contributed by atoms with Crippen LogP contribution in [0.1, 0.15) is 72.6 Å². The van der Waals surface area contributed by atoms with Crippen LogP contribution in [0, 0.1) is 17.8 Å². The van der Waals surface area contributed by atoms with Gasteiger partial charge in [0.15, 0.2) is 0 Å². The Balaban J connectivity index is 4.90. The van der Waals surface area contributed by atoms with E-state index >= 15 is 0 Å². The van der Waals surface area contributed by atoms with Crippen molar-refractivity contribution in [3.8, 4) is 0 Å². The van der Waals surface area contributed by atoms with Crippen molar-refractivity contribution in [1.29, 1.82) is 0 Å². The van der Waals surface area contributed by atoms with E-state index in [1.54, 1.807) is 0 Å². The van der Waals surface area contributed by atoms with E-state index in [0.717, 1.165) is 44.9 Å². The highest BCUT2D eigenvalue weighted by atomic mass is 16.2. The number of hydrogen-bond donors (Lipinski definition) is 1. The van der Waals surface area contributed by atoms with Gasteiger partial charge in [-0.15, -0.1) is 0 Å². The summed E-state index contributed by atoms with van der Waals surface area (Å²) in [6.07, 6.45) is 7.15. The maximum Gasteiger partial charge on any atom is 0.285 e. The lowest BCUT2D eigenvalue weighted by atomic mass is 9.76. The first-order valence-electron chi connectivity index (χ1n) is 7.85. The Morgan fingerprint density at radius 3 is 1.95 bits per heavy atom. The summed E-state index contributed by atoms with van der Waals surface area (Å²) in [4.78, 5) is 23.4. The summed E-state index contributed by atoms with van der Waals surface area (Å²) in [5.74, 6) is -0.454. The number of carbonyl (C=O) groups is 2. The molecule has 0 saturated heterocycles. The zero-order valence-electron chi connectivity index (χ0n) is 13.1. The van der Waals surface area contributed by atoms with Crippen LogP contribution in [0.25, 0.3) is 0 Å². The van der Waals surface area contributed by atoms with Crippen molar-refractivity contribution >= 4 is 11.7 Å². The summed E-state index contributed by atoms with van der Waals surface area (Å²) in [5, 5.41) is 0. The molecule has 112 valence electrons. The smallest absolute Gasteiger partial charge is 0.285 e.